The maximum atomic E-state index is 12.6. The summed E-state index contributed by atoms with van der Waals surface area (Å²) in [6.07, 6.45) is 0.386. The number of fused-ring (bicyclic) bond motifs is 1. The summed E-state index contributed by atoms with van der Waals surface area (Å²) in [6, 6.07) is 5.73. The second kappa shape index (κ2) is 9.00. The second-order valence-electron chi connectivity index (χ2n) is 5.82. The van der Waals surface area contributed by atoms with Crippen LogP contribution in [-0.4, -0.2) is 45.1 Å². The van der Waals surface area contributed by atoms with Crippen molar-refractivity contribution in [3.05, 3.63) is 61.0 Å². The number of hydrogen-bond acceptors (Lipinski definition) is 8. The number of ether oxygens (including phenoxy) is 1. The number of esters is 1. The molecule has 0 spiro atoms. The fourth-order valence-corrected chi connectivity index (χ4v) is 5.04. The fraction of sp³-hybridized carbons (Fsp3) is 0.375. The Labute approximate surface area is 168 Å². The van der Waals surface area contributed by atoms with Crippen LogP contribution in [0.25, 0.3) is 10.4 Å². The van der Waals surface area contributed by atoms with Crippen LogP contribution in [0.1, 0.15) is 12.0 Å². The van der Waals surface area contributed by atoms with Gasteiger partial charge in [-0.15, -0.1) is 11.8 Å². The Kier molecular flexibility index (Phi) is 6.45. The van der Waals surface area contributed by atoms with E-state index < -0.39 is 10.9 Å². The van der Waals surface area contributed by atoms with Gasteiger partial charge < -0.3 is 4.74 Å². The van der Waals surface area contributed by atoms with Crippen LogP contribution < -0.4 is 0 Å². The van der Waals surface area contributed by atoms with Gasteiger partial charge in [-0.3, -0.25) is 19.8 Å². The summed E-state index contributed by atoms with van der Waals surface area (Å²) in [5, 5.41) is 14.1. The van der Waals surface area contributed by atoms with E-state index in [1.54, 1.807) is 0 Å². The maximum Gasteiger partial charge on any atom is 0.356 e. The van der Waals surface area contributed by atoms with Crippen molar-refractivity contribution >= 4 is 41.1 Å². The first-order valence-corrected chi connectivity index (χ1v) is 10.3. The maximum absolute atomic E-state index is 12.6. The molecular formula is C16H15N5O5S2. The number of β-lactam (4-membered cyclic amide) rings is 1. The van der Waals surface area contributed by atoms with Gasteiger partial charge in [-0.2, -0.15) is 11.8 Å². The molecule has 0 bridgehead atoms. The van der Waals surface area contributed by atoms with Crippen molar-refractivity contribution in [3.8, 4) is 0 Å². The lowest BCUT2D eigenvalue weighted by atomic mass is 10.1. The number of nitro groups is 1. The molecule has 2 aliphatic rings. The number of nitro benzene ring substituents is 1. The van der Waals surface area contributed by atoms with Gasteiger partial charge in [0.1, 0.15) is 12.3 Å². The molecule has 10 nitrogen and oxygen atoms in total. The summed E-state index contributed by atoms with van der Waals surface area (Å²) in [7, 11) is 0. The van der Waals surface area contributed by atoms with Gasteiger partial charge in [0.2, 0.25) is 5.91 Å². The Balaban J connectivity index is 1.63. The van der Waals surface area contributed by atoms with Crippen molar-refractivity contribution < 1.29 is 19.2 Å². The normalized spacial score (nSPS) is 17.6. The molecule has 1 aromatic rings. The Bertz CT molecular complexity index is 882. The van der Waals surface area contributed by atoms with Crippen LogP contribution in [0.4, 0.5) is 5.69 Å². The zero-order valence-electron chi connectivity index (χ0n) is 14.5. The van der Waals surface area contributed by atoms with E-state index in [4.69, 9.17) is 10.3 Å². The number of amides is 1. The van der Waals surface area contributed by atoms with Crippen LogP contribution in [0.2, 0.25) is 0 Å². The topological polar surface area (TPSA) is 139 Å². The zero-order chi connectivity index (χ0) is 20.1. The molecule has 146 valence electrons. The van der Waals surface area contributed by atoms with E-state index in [9.17, 15) is 19.7 Å². The highest BCUT2D eigenvalue weighted by molar-refractivity contribution is 8.06. The highest BCUT2D eigenvalue weighted by Gasteiger charge is 2.48. The zero-order valence-corrected chi connectivity index (χ0v) is 16.1. The Morgan fingerprint density at radius 1 is 1.46 bits per heavy atom. The van der Waals surface area contributed by atoms with Crippen LogP contribution in [0.5, 0.6) is 0 Å². The summed E-state index contributed by atoms with van der Waals surface area (Å²) in [6.45, 7) is 0.306. The van der Waals surface area contributed by atoms with Gasteiger partial charge in [0.25, 0.3) is 5.69 Å². The number of hydrogen-bond donors (Lipinski definition) is 0. The summed E-state index contributed by atoms with van der Waals surface area (Å²) in [5.74, 6) is 0.423. The van der Waals surface area contributed by atoms with Crippen LogP contribution in [0.3, 0.4) is 0 Å². The van der Waals surface area contributed by atoms with Gasteiger partial charge in [0.05, 0.1) is 16.7 Å². The predicted octanol–water partition coefficient (Wildman–Crippen LogP) is 3.20. The number of carbonyl (C=O) groups excluding carboxylic acids is 2. The molecule has 1 aromatic carbocycles. The molecule has 1 saturated heterocycles. The molecule has 1 fully saturated rings. The number of benzene rings is 1. The van der Waals surface area contributed by atoms with Crippen molar-refractivity contribution in [2.24, 2.45) is 5.11 Å². The molecule has 0 aliphatic carbocycles. The van der Waals surface area contributed by atoms with Gasteiger partial charge in [-0.1, -0.05) is 5.11 Å². The highest BCUT2D eigenvalue weighted by atomic mass is 32.2. The van der Waals surface area contributed by atoms with Gasteiger partial charge >= 0.3 is 5.97 Å². The van der Waals surface area contributed by atoms with Gasteiger partial charge in [0.15, 0.2) is 0 Å². The first kappa shape index (κ1) is 20.1. The first-order chi connectivity index (χ1) is 13.5. The number of non-ortho nitro benzene ring substituents is 1. The van der Waals surface area contributed by atoms with Crippen molar-refractivity contribution in [3.63, 3.8) is 0 Å². The molecule has 12 heteroatoms. The Hall–Kier alpha value is -2.69. The molecular weight excluding hydrogens is 406 g/mol. The number of thioether (sulfide) groups is 2. The Morgan fingerprint density at radius 3 is 2.86 bits per heavy atom. The molecule has 1 atom stereocenters. The number of azide groups is 1. The Morgan fingerprint density at radius 2 is 2.21 bits per heavy atom. The quantitative estimate of drug-likeness (QED) is 0.0872. The van der Waals surface area contributed by atoms with Crippen LogP contribution in [0, 0.1) is 10.1 Å². The fourth-order valence-electron chi connectivity index (χ4n) is 2.67. The van der Waals surface area contributed by atoms with Crippen molar-refractivity contribution in [1.82, 2.24) is 4.90 Å². The minimum Gasteiger partial charge on any atom is -0.456 e. The van der Waals surface area contributed by atoms with Crippen molar-refractivity contribution in [2.75, 3.05) is 18.1 Å². The third kappa shape index (κ3) is 4.41. The number of nitrogens with zero attached hydrogens (tertiary/aromatic N) is 5. The molecule has 2 heterocycles. The van der Waals surface area contributed by atoms with E-state index in [1.165, 1.54) is 52.7 Å². The average molecular weight is 421 g/mol. The first-order valence-electron chi connectivity index (χ1n) is 8.22. The third-order valence-electron chi connectivity index (χ3n) is 4.03. The van der Waals surface area contributed by atoms with E-state index in [0.717, 1.165) is 4.91 Å². The summed E-state index contributed by atoms with van der Waals surface area (Å²) in [5.41, 5.74) is 9.13. The number of rotatable bonds is 9. The van der Waals surface area contributed by atoms with Crippen LogP contribution in [-0.2, 0) is 20.9 Å². The van der Waals surface area contributed by atoms with Gasteiger partial charge in [-0.05, 0) is 29.0 Å². The van der Waals surface area contributed by atoms with Crippen molar-refractivity contribution in [1.29, 1.82) is 0 Å². The SMILES string of the molecule is [N-]=[N+]=NCCSCC1=C(C(=O)OCc2ccc([N+](=O)[O-])cc2)N2C(=O)C[C@H]2S1. The van der Waals surface area contributed by atoms with Crippen LogP contribution >= 0.6 is 23.5 Å². The summed E-state index contributed by atoms with van der Waals surface area (Å²) >= 11 is 2.99. The number of carbonyl (C=O) groups is 2. The molecule has 0 saturated carbocycles. The molecule has 28 heavy (non-hydrogen) atoms. The lowest BCUT2D eigenvalue weighted by Crippen LogP contribution is -2.48. The predicted molar refractivity (Wildman–Crippen MR) is 104 cm³/mol. The van der Waals surface area contributed by atoms with Crippen molar-refractivity contribution in [2.45, 2.75) is 18.4 Å². The molecule has 3 rings (SSSR count). The van der Waals surface area contributed by atoms with Gasteiger partial charge in [-0.25, -0.2) is 4.79 Å². The molecule has 2 aliphatic heterocycles. The summed E-state index contributed by atoms with van der Waals surface area (Å²) < 4.78 is 5.34. The van der Waals surface area contributed by atoms with Crippen LogP contribution in [0.15, 0.2) is 40.0 Å². The van der Waals surface area contributed by atoms with E-state index in [-0.39, 0.29) is 29.3 Å². The smallest absolute Gasteiger partial charge is 0.356 e. The summed E-state index contributed by atoms with van der Waals surface area (Å²) in [4.78, 5) is 39.6. The largest absolute Gasteiger partial charge is 0.456 e. The van der Waals surface area contributed by atoms with Gasteiger partial charge in [0, 0.05) is 34.2 Å². The van der Waals surface area contributed by atoms with E-state index in [2.05, 4.69) is 10.0 Å². The van der Waals surface area contributed by atoms with E-state index in [0.29, 0.717) is 30.0 Å². The average Bonchev–Trinajstić information content (AvgIpc) is 2.98. The molecule has 0 unspecified atom stereocenters. The highest BCUT2D eigenvalue weighted by Crippen LogP contribution is 2.47. The monoisotopic (exact) mass is 421 g/mol. The van der Waals surface area contributed by atoms with E-state index >= 15 is 0 Å². The van der Waals surface area contributed by atoms with E-state index in [1.807, 2.05) is 0 Å². The minimum absolute atomic E-state index is 0.0426. The lowest BCUT2D eigenvalue weighted by Gasteiger charge is -2.34. The minimum atomic E-state index is -0.591. The molecule has 0 N–H and O–H groups in total. The molecule has 0 aromatic heterocycles. The molecule has 1 amide bonds. The second-order valence-corrected chi connectivity index (χ2v) is 8.20. The standard InChI is InChI=1S/C16H15N5O5S2/c17-19-18-5-6-27-9-12-15(20-13(22)7-14(20)28-12)16(23)26-8-10-1-3-11(4-2-10)21(24)25/h1-4,14H,5-9H2/t14-/m1/s1. The lowest BCUT2D eigenvalue weighted by molar-refractivity contribution is -0.384. The third-order valence-corrected chi connectivity index (χ3v) is 6.45. The molecule has 0 radical (unpaired) electrons.